The summed E-state index contributed by atoms with van der Waals surface area (Å²) in [5, 5.41) is 0. The van der Waals surface area contributed by atoms with E-state index in [0.717, 1.165) is 12.1 Å². The van der Waals surface area contributed by atoms with E-state index < -0.39 is 17.2 Å². The largest absolute Gasteiger partial charge is 0.292 e. The molecule has 0 N–H and O–H groups in total. The van der Waals surface area contributed by atoms with Crippen molar-refractivity contribution in [2.75, 3.05) is 13.1 Å². The lowest BCUT2D eigenvalue weighted by Crippen LogP contribution is -2.54. The molecule has 1 rings (SSSR count). The van der Waals surface area contributed by atoms with E-state index in [4.69, 9.17) is 0 Å². The summed E-state index contributed by atoms with van der Waals surface area (Å²) < 4.78 is 26.9. The number of hydrogen-bond donors (Lipinski definition) is 0. The Balaban J connectivity index is 3.30. The van der Waals surface area contributed by atoms with Crippen LogP contribution in [-0.2, 0) is 0 Å². The molecule has 20 heavy (non-hydrogen) atoms. The number of halogens is 2. The van der Waals surface area contributed by atoms with Gasteiger partial charge in [0.15, 0.2) is 5.78 Å². The van der Waals surface area contributed by atoms with E-state index in [0.29, 0.717) is 25.9 Å². The van der Waals surface area contributed by atoms with Crippen molar-refractivity contribution in [2.45, 2.75) is 46.1 Å². The first-order chi connectivity index (χ1) is 9.46. The Morgan fingerprint density at radius 1 is 1.10 bits per heavy atom. The molecular formula is C16H23F2NO. The van der Waals surface area contributed by atoms with Gasteiger partial charge in [-0.15, -0.1) is 0 Å². The Bertz CT molecular complexity index is 466. The fraction of sp³-hybridized carbons (Fsp3) is 0.562. The number of Topliss-reactive ketones (excluding diaryl/α,β-unsaturated/α-hetero) is 1. The van der Waals surface area contributed by atoms with E-state index in [2.05, 4.69) is 4.90 Å². The van der Waals surface area contributed by atoms with Crippen molar-refractivity contribution in [3.8, 4) is 0 Å². The third kappa shape index (κ3) is 2.90. The van der Waals surface area contributed by atoms with Crippen molar-refractivity contribution in [1.29, 1.82) is 0 Å². The average molecular weight is 283 g/mol. The molecule has 2 nitrogen and oxygen atoms in total. The van der Waals surface area contributed by atoms with Gasteiger partial charge in [0.25, 0.3) is 0 Å². The van der Waals surface area contributed by atoms with Crippen LogP contribution in [0.5, 0.6) is 0 Å². The molecule has 0 unspecified atom stereocenters. The summed E-state index contributed by atoms with van der Waals surface area (Å²) >= 11 is 0. The molecule has 0 spiro atoms. The lowest BCUT2D eigenvalue weighted by atomic mass is 9.82. The summed E-state index contributed by atoms with van der Waals surface area (Å²) in [6.07, 6.45) is 1.20. The van der Waals surface area contributed by atoms with Gasteiger partial charge in [0, 0.05) is 6.07 Å². The smallest absolute Gasteiger partial charge is 0.185 e. The van der Waals surface area contributed by atoms with Crippen LogP contribution in [0, 0.1) is 11.6 Å². The van der Waals surface area contributed by atoms with E-state index in [1.165, 1.54) is 6.07 Å². The van der Waals surface area contributed by atoms with Crippen LogP contribution in [0.3, 0.4) is 0 Å². The molecule has 0 aliphatic rings. The predicted octanol–water partition coefficient (Wildman–Crippen LogP) is 4.05. The fourth-order valence-electron chi connectivity index (χ4n) is 2.92. The summed E-state index contributed by atoms with van der Waals surface area (Å²) in [6, 6.07) is 3.15. The molecule has 1 aromatic rings. The summed E-state index contributed by atoms with van der Waals surface area (Å²) in [5.74, 6) is -1.71. The first kappa shape index (κ1) is 16.8. The Labute approximate surface area is 119 Å². The molecule has 0 saturated carbocycles. The molecule has 0 bridgehead atoms. The number of carbonyl (C=O) groups excluding carboxylic acids is 1. The molecule has 0 aliphatic carbocycles. The van der Waals surface area contributed by atoms with Crippen molar-refractivity contribution >= 4 is 5.78 Å². The SMILES string of the molecule is CCN(CC)C(CC)(CC)C(=O)c1ccc(F)cc1F. The minimum absolute atomic E-state index is 0.0259. The maximum atomic E-state index is 13.9. The van der Waals surface area contributed by atoms with Gasteiger partial charge in [-0.25, -0.2) is 8.78 Å². The molecule has 1 aromatic carbocycles. The number of ketones is 1. The van der Waals surface area contributed by atoms with Crippen LogP contribution < -0.4 is 0 Å². The minimum Gasteiger partial charge on any atom is -0.292 e. The van der Waals surface area contributed by atoms with Crippen LogP contribution in [0.25, 0.3) is 0 Å². The third-order valence-corrected chi connectivity index (χ3v) is 4.14. The van der Waals surface area contributed by atoms with Crippen molar-refractivity contribution in [2.24, 2.45) is 0 Å². The quantitative estimate of drug-likeness (QED) is 0.704. The van der Waals surface area contributed by atoms with Crippen LogP contribution in [-0.4, -0.2) is 29.3 Å². The highest BCUT2D eigenvalue weighted by Gasteiger charge is 2.40. The number of benzene rings is 1. The maximum absolute atomic E-state index is 13.9. The highest BCUT2D eigenvalue weighted by atomic mass is 19.1. The molecule has 112 valence electrons. The molecule has 0 saturated heterocycles. The number of hydrogen-bond acceptors (Lipinski definition) is 2. The standard InChI is InChI=1S/C16H23F2NO/c1-5-16(6-2,19(7-3)8-4)15(20)13-10-9-12(17)11-14(13)18/h9-11H,5-8H2,1-4H3. The second-order valence-electron chi connectivity index (χ2n) is 4.86. The third-order valence-electron chi connectivity index (χ3n) is 4.14. The normalized spacial score (nSPS) is 11.9. The lowest BCUT2D eigenvalue weighted by Gasteiger charge is -2.41. The van der Waals surface area contributed by atoms with E-state index in [-0.39, 0.29) is 11.3 Å². The zero-order valence-electron chi connectivity index (χ0n) is 12.7. The monoisotopic (exact) mass is 283 g/mol. The van der Waals surface area contributed by atoms with Gasteiger partial charge >= 0.3 is 0 Å². The van der Waals surface area contributed by atoms with Gasteiger partial charge in [-0.2, -0.15) is 0 Å². The number of likely N-dealkylation sites (N-methyl/N-ethyl adjacent to an activating group) is 1. The fourth-order valence-corrected chi connectivity index (χ4v) is 2.92. The molecule has 0 aliphatic heterocycles. The predicted molar refractivity (Wildman–Crippen MR) is 76.9 cm³/mol. The first-order valence-electron chi connectivity index (χ1n) is 7.21. The number of nitrogens with zero attached hydrogens (tertiary/aromatic N) is 1. The van der Waals surface area contributed by atoms with Gasteiger partial charge in [-0.05, 0) is 38.1 Å². The van der Waals surface area contributed by atoms with Crippen molar-refractivity contribution in [3.05, 3.63) is 35.4 Å². The lowest BCUT2D eigenvalue weighted by molar-refractivity contribution is 0.0530. The van der Waals surface area contributed by atoms with Crippen molar-refractivity contribution in [3.63, 3.8) is 0 Å². The Kier molecular flexibility index (Phi) is 5.81. The number of rotatable bonds is 7. The highest BCUT2D eigenvalue weighted by molar-refractivity contribution is 6.03. The topological polar surface area (TPSA) is 20.3 Å². The van der Waals surface area contributed by atoms with E-state index in [1.807, 2.05) is 27.7 Å². The Morgan fingerprint density at radius 2 is 1.65 bits per heavy atom. The molecule has 0 fully saturated rings. The zero-order chi connectivity index (χ0) is 15.3. The van der Waals surface area contributed by atoms with E-state index in [9.17, 15) is 13.6 Å². The highest BCUT2D eigenvalue weighted by Crippen LogP contribution is 2.29. The zero-order valence-corrected chi connectivity index (χ0v) is 12.7. The van der Waals surface area contributed by atoms with Crippen LogP contribution >= 0.6 is 0 Å². The molecular weight excluding hydrogens is 260 g/mol. The number of carbonyl (C=O) groups is 1. The molecule has 0 amide bonds. The molecule has 0 aromatic heterocycles. The Hall–Kier alpha value is -1.29. The van der Waals surface area contributed by atoms with Gasteiger partial charge in [0.2, 0.25) is 0 Å². The van der Waals surface area contributed by atoms with Crippen LogP contribution in [0.4, 0.5) is 8.78 Å². The maximum Gasteiger partial charge on any atom is 0.185 e. The van der Waals surface area contributed by atoms with Crippen molar-refractivity contribution in [1.82, 2.24) is 4.90 Å². The Morgan fingerprint density at radius 3 is 2.05 bits per heavy atom. The van der Waals surface area contributed by atoms with Gasteiger partial charge < -0.3 is 0 Å². The summed E-state index contributed by atoms with van der Waals surface area (Å²) in [5.41, 5.74) is -0.746. The van der Waals surface area contributed by atoms with E-state index >= 15 is 0 Å². The average Bonchev–Trinajstić information content (AvgIpc) is 2.44. The second-order valence-corrected chi connectivity index (χ2v) is 4.86. The van der Waals surface area contributed by atoms with Crippen molar-refractivity contribution < 1.29 is 13.6 Å². The summed E-state index contributed by atoms with van der Waals surface area (Å²) in [6.45, 7) is 9.26. The van der Waals surface area contributed by atoms with Crippen LogP contribution in [0.15, 0.2) is 18.2 Å². The molecule has 0 heterocycles. The molecule has 0 radical (unpaired) electrons. The van der Waals surface area contributed by atoms with E-state index in [1.54, 1.807) is 0 Å². The summed E-state index contributed by atoms with van der Waals surface area (Å²) in [4.78, 5) is 14.9. The molecule has 0 atom stereocenters. The van der Waals surface area contributed by atoms with Gasteiger partial charge in [-0.1, -0.05) is 27.7 Å². The second kappa shape index (κ2) is 6.93. The summed E-state index contributed by atoms with van der Waals surface area (Å²) in [7, 11) is 0. The minimum atomic E-state index is -0.784. The van der Waals surface area contributed by atoms with Gasteiger partial charge in [-0.3, -0.25) is 9.69 Å². The van der Waals surface area contributed by atoms with Gasteiger partial charge in [0.05, 0.1) is 11.1 Å². The van der Waals surface area contributed by atoms with Crippen LogP contribution in [0.1, 0.15) is 50.9 Å². The van der Waals surface area contributed by atoms with Crippen LogP contribution in [0.2, 0.25) is 0 Å². The first-order valence-corrected chi connectivity index (χ1v) is 7.21. The van der Waals surface area contributed by atoms with Gasteiger partial charge in [0.1, 0.15) is 11.6 Å². The molecule has 4 heteroatoms.